The maximum Gasteiger partial charge on any atom is 0.342 e. The summed E-state index contributed by atoms with van der Waals surface area (Å²) in [5, 5.41) is 11.4. The van der Waals surface area contributed by atoms with Crippen LogP contribution in [0.5, 0.6) is 0 Å². The Labute approximate surface area is 170 Å². The van der Waals surface area contributed by atoms with E-state index in [0.717, 1.165) is 0 Å². The summed E-state index contributed by atoms with van der Waals surface area (Å²) in [5.74, 6) is -2.29. The van der Waals surface area contributed by atoms with E-state index < -0.39 is 35.0 Å². The first-order chi connectivity index (χ1) is 13.5. The monoisotopic (exact) mass is 408 g/mol. The highest BCUT2D eigenvalue weighted by atomic mass is 16.7. The van der Waals surface area contributed by atoms with E-state index in [9.17, 15) is 14.7 Å². The molecule has 1 fully saturated rings. The van der Waals surface area contributed by atoms with E-state index in [4.69, 9.17) is 23.7 Å². The van der Waals surface area contributed by atoms with Gasteiger partial charge in [0.05, 0.1) is 17.8 Å². The van der Waals surface area contributed by atoms with Crippen LogP contribution in [0.4, 0.5) is 0 Å². The van der Waals surface area contributed by atoms with Crippen molar-refractivity contribution in [1.82, 2.24) is 0 Å². The number of carbonyl (C=O) groups excluding carboxylic acids is 2. The molecule has 0 aliphatic carbocycles. The smallest absolute Gasteiger partial charge is 0.342 e. The summed E-state index contributed by atoms with van der Waals surface area (Å²) < 4.78 is 28.2. The van der Waals surface area contributed by atoms with Crippen molar-refractivity contribution in [2.75, 3.05) is 20.8 Å². The zero-order valence-electron chi connectivity index (χ0n) is 17.5. The van der Waals surface area contributed by atoms with Crippen LogP contribution >= 0.6 is 0 Å². The van der Waals surface area contributed by atoms with E-state index in [1.165, 1.54) is 21.1 Å². The molecule has 0 amide bonds. The SMILES string of the molecule is C=C(C)C(=O)O[C@H]1C[C@@](C)(O)[C@@]2(OC)CC[C@@](C)(/C=C3/OC(=O)C(COC)=C31)O2. The molecule has 3 heterocycles. The standard InChI is InChI=1S/C21H28O8/c1-12(2)17(22)27-15-10-20(4,24)21(26-6)8-7-19(3,29-21)9-14-16(15)13(11-25-5)18(23)28-14/h9,15,24H,1,7-8,10-11H2,2-6H3/b14-9+/t15-,19-,20+,21+/m0/s1. The lowest BCUT2D eigenvalue weighted by molar-refractivity contribution is -0.310. The van der Waals surface area contributed by atoms with Gasteiger partial charge < -0.3 is 28.8 Å². The molecule has 0 aromatic heterocycles. The minimum absolute atomic E-state index is 0.0260. The van der Waals surface area contributed by atoms with Crippen molar-refractivity contribution in [1.29, 1.82) is 0 Å². The van der Waals surface area contributed by atoms with Gasteiger partial charge in [-0.3, -0.25) is 0 Å². The molecule has 8 nitrogen and oxygen atoms in total. The normalized spacial score (nSPS) is 38.3. The fraction of sp³-hybridized carbons (Fsp3) is 0.619. The number of methoxy groups -OCH3 is 2. The van der Waals surface area contributed by atoms with Gasteiger partial charge in [-0.05, 0) is 33.3 Å². The third-order valence-electron chi connectivity index (χ3n) is 5.77. The third-order valence-corrected chi connectivity index (χ3v) is 5.77. The van der Waals surface area contributed by atoms with Gasteiger partial charge in [0.1, 0.15) is 17.5 Å². The number of rotatable bonds is 5. The zero-order valence-corrected chi connectivity index (χ0v) is 17.5. The third kappa shape index (κ3) is 3.66. The summed E-state index contributed by atoms with van der Waals surface area (Å²) in [6.45, 7) is 8.51. The lowest BCUT2D eigenvalue weighted by Gasteiger charge is -2.42. The molecule has 1 saturated heterocycles. The molecule has 3 aliphatic heterocycles. The van der Waals surface area contributed by atoms with Crippen LogP contribution in [0.1, 0.15) is 40.0 Å². The second-order valence-electron chi connectivity index (χ2n) is 8.25. The van der Waals surface area contributed by atoms with E-state index in [0.29, 0.717) is 18.4 Å². The highest BCUT2D eigenvalue weighted by molar-refractivity contribution is 5.95. The topological polar surface area (TPSA) is 101 Å². The minimum Gasteiger partial charge on any atom is -0.454 e. The first-order valence-corrected chi connectivity index (χ1v) is 9.49. The van der Waals surface area contributed by atoms with Gasteiger partial charge in [0.15, 0.2) is 5.79 Å². The van der Waals surface area contributed by atoms with Crippen molar-refractivity contribution >= 4 is 11.9 Å². The summed E-state index contributed by atoms with van der Waals surface area (Å²) in [6.07, 6.45) is 1.58. The molecule has 0 spiro atoms. The Balaban J connectivity index is 2.20. The molecule has 0 radical (unpaired) electrons. The van der Waals surface area contributed by atoms with Crippen molar-refractivity contribution < 1.29 is 38.4 Å². The lowest BCUT2D eigenvalue weighted by Crippen LogP contribution is -2.56. The van der Waals surface area contributed by atoms with E-state index in [1.54, 1.807) is 13.0 Å². The van der Waals surface area contributed by atoms with E-state index >= 15 is 0 Å². The number of carbonyl (C=O) groups is 2. The van der Waals surface area contributed by atoms with E-state index in [1.807, 2.05) is 6.92 Å². The van der Waals surface area contributed by atoms with Crippen molar-refractivity contribution in [2.24, 2.45) is 0 Å². The number of ether oxygens (including phenoxy) is 5. The second-order valence-corrected chi connectivity index (χ2v) is 8.25. The number of aliphatic hydroxyl groups is 1. The van der Waals surface area contributed by atoms with Gasteiger partial charge in [0, 0.05) is 38.2 Å². The molecule has 1 N–H and O–H groups in total. The predicted octanol–water partition coefficient (Wildman–Crippen LogP) is 1.92. The van der Waals surface area contributed by atoms with Gasteiger partial charge in [0.25, 0.3) is 0 Å². The first-order valence-electron chi connectivity index (χ1n) is 9.49. The Kier molecular flexibility index (Phi) is 5.51. The summed E-state index contributed by atoms with van der Waals surface area (Å²) >= 11 is 0. The van der Waals surface area contributed by atoms with Crippen LogP contribution in [-0.2, 0) is 33.3 Å². The highest BCUT2D eigenvalue weighted by Gasteiger charge is 2.60. The Bertz CT molecular complexity index is 807. The predicted molar refractivity (Wildman–Crippen MR) is 101 cm³/mol. The number of hydrogen-bond donors (Lipinski definition) is 1. The number of hydrogen-bond acceptors (Lipinski definition) is 8. The number of fused-ring (bicyclic) bond motifs is 3. The van der Waals surface area contributed by atoms with Crippen molar-refractivity contribution in [3.63, 3.8) is 0 Å². The Morgan fingerprint density at radius 2 is 2.03 bits per heavy atom. The fourth-order valence-corrected chi connectivity index (χ4v) is 4.18. The zero-order chi connectivity index (χ0) is 21.6. The molecule has 29 heavy (non-hydrogen) atoms. The summed E-state index contributed by atoms with van der Waals surface area (Å²) in [4.78, 5) is 24.9. The van der Waals surface area contributed by atoms with Gasteiger partial charge in [-0.2, -0.15) is 0 Å². The molecule has 4 atom stereocenters. The quantitative estimate of drug-likeness (QED) is 0.544. The molecule has 3 aliphatic rings. The van der Waals surface area contributed by atoms with Crippen LogP contribution in [0, 0.1) is 0 Å². The fourth-order valence-electron chi connectivity index (χ4n) is 4.18. The molecule has 0 aromatic rings. The van der Waals surface area contributed by atoms with Gasteiger partial charge >= 0.3 is 11.9 Å². The maximum absolute atomic E-state index is 12.5. The Hall–Kier alpha value is -2.00. The lowest BCUT2D eigenvalue weighted by atomic mass is 9.82. The van der Waals surface area contributed by atoms with Crippen LogP contribution in [0.25, 0.3) is 0 Å². The van der Waals surface area contributed by atoms with Crippen LogP contribution in [0.3, 0.4) is 0 Å². The Morgan fingerprint density at radius 1 is 1.34 bits per heavy atom. The number of esters is 2. The maximum atomic E-state index is 12.5. The summed E-state index contributed by atoms with van der Waals surface area (Å²) in [5.41, 5.74) is -1.59. The highest BCUT2D eigenvalue weighted by Crippen LogP contribution is 2.50. The van der Waals surface area contributed by atoms with Gasteiger partial charge in [-0.1, -0.05) is 6.58 Å². The van der Waals surface area contributed by atoms with Gasteiger partial charge in [-0.25, -0.2) is 9.59 Å². The molecule has 3 rings (SSSR count). The molecule has 8 heteroatoms. The summed E-state index contributed by atoms with van der Waals surface area (Å²) in [7, 11) is 2.92. The van der Waals surface area contributed by atoms with Gasteiger partial charge in [-0.15, -0.1) is 0 Å². The molecule has 0 unspecified atom stereocenters. The van der Waals surface area contributed by atoms with E-state index in [2.05, 4.69) is 6.58 Å². The van der Waals surface area contributed by atoms with E-state index in [-0.39, 0.29) is 29.9 Å². The largest absolute Gasteiger partial charge is 0.454 e. The van der Waals surface area contributed by atoms with Crippen LogP contribution in [0.15, 0.2) is 35.1 Å². The van der Waals surface area contributed by atoms with Crippen molar-refractivity contribution in [2.45, 2.75) is 63.1 Å². The molecule has 0 aromatic carbocycles. The molecular weight excluding hydrogens is 380 g/mol. The molecule has 160 valence electrons. The molecule has 0 saturated carbocycles. The second kappa shape index (κ2) is 7.36. The average Bonchev–Trinajstić information content (AvgIpc) is 3.13. The van der Waals surface area contributed by atoms with Crippen LogP contribution < -0.4 is 0 Å². The van der Waals surface area contributed by atoms with Crippen molar-refractivity contribution in [3.05, 3.63) is 35.1 Å². The van der Waals surface area contributed by atoms with Crippen LogP contribution in [-0.4, -0.2) is 61.0 Å². The molecular formula is C21H28O8. The van der Waals surface area contributed by atoms with Gasteiger partial charge in [0.2, 0.25) is 0 Å². The Morgan fingerprint density at radius 3 is 2.62 bits per heavy atom. The first kappa shape index (κ1) is 21.7. The molecule has 2 bridgehead atoms. The average molecular weight is 408 g/mol. The summed E-state index contributed by atoms with van der Waals surface area (Å²) in [6, 6.07) is 0. The van der Waals surface area contributed by atoms with Crippen LogP contribution in [0.2, 0.25) is 0 Å². The van der Waals surface area contributed by atoms with Crippen molar-refractivity contribution in [3.8, 4) is 0 Å². The minimum atomic E-state index is -1.54.